The third-order valence-corrected chi connectivity index (χ3v) is 7.05. The number of nitrogens with zero attached hydrogens (tertiary/aromatic N) is 1. The van der Waals surface area contributed by atoms with Gasteiger partial charge in [0.25, 0.3) is 0 Å². The molecule has 43 heavy (non-hydrogen) atoms. The Hall–Kier alpha value is -5.29. The van der Waals surface area contributed by atoms with Gasteiger partial charge in [0.1, 0.15) is 47.1 Å². The highest BCUT2D eigenvalue weighted by atomic mass is 19.1. The minimum atomic E-state index is -0.555. The topological polar surface area (TPSA) is 104 Å². The fraction of sp³-hybridized carbons (Fsp3) is 0.200. The van der Waals surface area contributed by atoms with Crippen molar-refractivity contribution >= 4 is 5.97 Å². The van der Waals surface area contributed by atoms with Crippen LogP contribution in [0, 0.1) is 17.1 Å². The molecule has 1 aliphatic heterocycles. The number of ether oxygens (including phenoxy) is 4. The molecule has 1 heterocycles. The molecule has 0 aromatic heterocycles. The first kappa shape index (κ1) is 29.2. The summed E-state index contributed by atoms with van der Waals surface area (Å²) >= 11 is 0. The van der Waals surface area contributed by atoms with E-state index in [2.05, 4.69) is 13.0 Å². The summed E-state index contributed by atoms with van der Waals surface area (Å²) in [5, 5.41) is 9.94. The molecule has 0 bridgehead atoms. The molecular formula is C35H31FN2O5. The third kappa shape index (κ3) is 6.96. The van der Waals surface area contributed by atoms with Crippen LogP contribution in [0.5, 0.6) is 23.0 Å². The van der Waals surface area contributed by atoms with Crippen LogP contribution in [0.3, 0.4) is 0 Å². The SMILES string of the molecule is CCCCCOc1ccc(C(=O)Oc2ccc3c(c2)OC(N)=C(C#N)C3c2cccc(OCc3ccccc3F)c2)cc1. The normalized spacial score (nSPS) is 13.8. The standard InChI is InChI=1S/C35H31FN2O5/c1-2-3-6-18-40-26-14-12-23(13-15-26)35(39)42-28-16-17-29-32(20-28)43-34(38)30(21-37)33(29)24-9-7-10-27(19-24)41-22-25-8-4-5-11-31(25)36/h4-5,7-17,19-20,33H,2-3,6,18,22,38H2,1H3. The summed E-state index contributed by atoms with van der Waals surface area (Å²) in [6, 6.07) is 27.5. The van der Waals surface area contributed by atoms with Crippen LogP contribution in [0.2, 0.25) is 0 Å². The molecule has 0 saturated heterocycles. The summed E-state index contributed by atoms with van der Waals surface area (Å²) in [5.41, 5.74) is 8.61. The minimum absolute atomic E-state index is 0.0457. The summed E-state index contributed by atoms with van der Waals surface area (Å²) in [4.78, 5) is 12.8. The van der Waals surface area contributed by atoms with Crippen molar-refractivity contribution in [2.24, 2.45) is 5.73 Å². The molecule has 4 aromatic carbocycles. The van der Waals surface area contributed by atoms with E-state index < -0.39 is 11.9 Å². The zero-order valence-corrected chi connectivity index (χ0v) is 23.7. The number of rotatable bonds is 11. The molecule has 1 atom stereocenters. The minimum Gasteiger partial charge on any atom is -0.494 e. The van der Waals surface area contributed by atoms with Gasteiger partial charge in [0.2, 0.25) is 5.88 Å². The number of benzene rings is 4. The van der Waals surface area contributed by atoms with E-state index in [1.807, 2.05) is 6.07 Å². The van der Waals surface area contributed by atoms with Crippen molar-refractivity contribution in [1.82, 2.24) is 0 Å². The van der Waals surface area contributed by atoms with E-state index in [1.165, 1.54) is 6.07 Å². The number of halogens is 1. The lowest BCUT2D eigenvalue weighted by atomic mass is 9.83. The first-order valence-electron chi connectivity index (χ1n) is 14.1. The zero-order valence-electron chi connectivity index (χ0n) is 23.7. The number of carbonyl (C=O) groups is 1. The van der Waals surface area contributed by atoms with Gasteiger partial charge in [-0.1, -0.05) is 56.2 Å². The highest BCUT2D eigenvalue weighted by Gasteiger charge is 2.31. The first-order valence-corrected chi connectivity index (χ1v) is 14.1. The van der Waals surface area contributed by atoms with Gasteiger partial charge in [-0.15, -0.1) is 0 Å². The average Bonchev–Trinajstić information content (AvgIpc) is 3.02. The molecule has 0 fully saturated rings. The van der Waals surface area contributed by atoms with E-state index in [0.29, 0.717) is 40.5 Å². The predicted octanol–water partition coefficient (Wildman–Crippen LogP) is 7.41. The Morgan fingerprint density at radius 1 is 0.930 bits per heavy atom. The summed E-state index contributed by atoms with van der Waals surface area (Å²) < 4.78 is 37.1. The van der Waals surface area contributed by atoms with Crippen molar-refractivity contribution in [1.29, 1.82) is 5.26 Å². The molecule has 2 N–H and O–H groups in total. The summed E-state index contributed by atoms with van der Waals surface area (Å²) in [6.45, 7) is 2.81. The van der Waals surface area contributed by atoms with Crippen LogP contribution in [0.25, 0.3) is 0 Å². The molecule has 1 aliphatic rings. The summed E-state index contributed by atoms with van der Waals surface area (Å²) in [5.74, 6) is 0.338. The van der Waals surface area contributed by atoms with E-state index in [-0.39, 0.29) is 29.6 Å². The molecule has 0 amide bonds. The second-order valence-corrected chi connectivity index (χ2v) is 10.0. The van der Waals surface area contributed by atoms with E-state index >= 15 is 0 Å². The Bertz CT molecular complexity index is 1680. The monoisotopic (exact) mass is 578 g/mol. The summed E-state index contributed by atoms with van der Waals surface area (Å²) in [7, 11) is 0. The Kier molecular flexibility index (Phi) is 9.23. The van der Waals surface area contributed by atoms with Crippen LogP contribution < -0.4 is 24.7 Å². The number of nitriles is 1. The predicted molar refractivity (Wildman–Crippen MR) is 159 cm³/mol. The molecule has 8 heteroatoms. The van der Waals surface area contributed by atoms with Gasteiger partial charge in [-0.2, -0.15) is 5.26 Å². The number of hydrogen-bond acceptors (Lipinski definition) is 7. The van der Waals surface area contributed by atoms with Crippen molar-refractivity contribution < 1.29 is 28.1 Å². The zero-order chi connectivity index (χ0) is 30.2. The Morgan fingerprint density at radius 2 is 1.72 bits per heavy atom. The van der Waals surface area contributed by atoms with Crippen LogP contribution in [-0.4, -0.2) is 12.6 Å². The fourth-order valence-electron chi connectivity index (χ4n) is 4.80. The molecule has 1 unspecified atom stereocenters. The maximum atomic E-state index is 14.1. The lowest BCUT2D eigenvalue weighted by molar-refractivity contribution is 0.0734. The first-order chi connectivity index (χ1) is 21.0. The van der Waals surface area contributed by atoms with Crippen LogP contribution in [0.4, 0.5) is 4.39 Å². The van der Waals surface area contributed by atoms with Gasteiger partial charge in [0.15, 0.2) is 0 Å². The van der Waals surface area contributed by atoms with Crippen LogP contribution in [0.15, 0.2) is 102 Å². The van der Waals surface area contributed by atoms with Gasteiger partial charge in [-0.3, -0.25) is 0 Å². The van der Waals surface area contributed by atoms with E-state index in [1.54, 1.807) is 78.9 Å². The van der Waals surface area contributed by atoms with Gasteiger partial charge in [0.05, 0.1) is 18.1 Å². The number of nitrogens with two attached hydrogens (primary N) is 1. The Balaban J connectivity index is 1.33. The number of fused-ring (bicyclic) bond motifs is 1. The summed E-state index contributed by atoms with van der Waals surface area (Å²) in [6.07, 6.45) is 3.20. The lowest BCUT2D eigenvalue weighted by Gasteiger charge is -2.27. The second kappa shape index (κ2) is 13.6. The molecule has 0 spiro atoms. The Morgan fingerprint density at radius 3 is 2.49 bits per heavy atom. The van der Waals surface area contributed by atoms with Crippen molar-refractivity contribution in [3.05, 3.63) is 131 Å². The smallest absolute Gasteiger partial charge is 0.343 e. The van der Waals surface area contributed by atoms with Gasteiger partial charge < -0.3 is 24.7 Å². The average molecular weight is 579 g/mol. The maximum absolute atomic E-state index is 14.1. The van der Waals surface area contributed by atoms with Crippen LogP contribution in [0.1, 0.15) is 59.2 Å². The second-order valence-electron chi connectivity index (χ2n) is 10.0. The van der Waals surface area contributed by atoms with Crippen LogP contribution in [-0.2, 0) is 6.61 Å². The van der Waals surface area contributed by atoms with Crippen molar-refractivity contribution in [2.45, 2.75) is 38.7 Å². The molecule has 7 nitrogen and oxygen atoms in total. The molecule has 0 aliphatic carbocycles. The van der Waals surface area contributed by atoms with Crippen molar-refractivity contribution in [3.63, 3.8) is 0 Å². The van der Waals surface area contributed by atoms with E-state index in [4.69, 9.17) is 24.7 Å². The number of carbonyl (C=O) groups excluding carboxylic acids is 1. The highest BCUT2D eigenvalue weighted by molar-refractivity contribution is 5.91. The van der Waals surface area contributed by atoms with Gasteiger partial charge in [0, 0.05) is 17.2 Å². The molecule has 0 saturated carbocycles. The van der Waals surface area contributed by atoms with Gasteiger partial charge >= 0.3 is 5.97 Å². The molecule has 4 aromatic rings. The maximum Gasteiger partial charge on any atom is 0.343 e. The van der Waals surface area contributed by atoms with Crippen molar-refractivity contribution in [2.75, 3.05) is 6.61 Å². The number of unbranched alkanes of at least 4 members (excludes halogenated alkanes) is 2. The third-order valence-electron chi connectivity index (χ3n) is 7.05. The highest BCUT2D eigenvalue weighted by Crippen LogP contribution is 2.44. The molecule has 0 radical (unpaired) electrons. The van der Waals surface area contributed by atoms with Crippen LogP contribution >= 0.6 is 0 Å². The number of hydrogen-bond donors (Lipinski definition) is 1. The lowest BCUT2D eigenvalue weighted by Crippen LogP contribution is -2.21. The van der Waals surface area contributed by atoms with E-state index in [9.17, 15) is 14.4 Å². The quantitative estimate of drug-likeness (QED) is 0.112. The Labute approximate surface area is 249 Å². The van der Waals surface area contributed by atoms with Crippen molar-refractivity contribution in [3.8, 4) is 29.1 Å². The largest absolute Gasteiger partial charge is 0.494 e. The van der Waals surface area contributed by atoms with E-state index in [0.717, 1.165) is 24.8 Å². The number of esters is 1. The van der Waals surface area contributed by atoms with Gasteiger partial charge in [-0.05, 0) is 60.5 Å². The molecular weight excluding hydrogens is 547 g/mol. The molecule has 5 rings (SSSR count). The van der Waals surface area contributed by atoms with Gasteiger partial charge in [-0.25, -0.2) is 9.18 Å². The molecule has 218 valence electrons. The fourth-order valence-corrected chi connectivity index (χ4v) is 4.80. The number of allylic oxidation sites excluding steroid dienone is 1.